The first kappa shape index (κ1) is 22.6. The molecule has 1 amide bonds. The van der Waals surface area contributed by atoms with E-state index in [1.54, 1.807) is 7.11 Å². The number of fused-ring (bicyclic) bond motifs is 1. The third-order valence-corrected chi connectivity index (χ3v) is 8.00. The summed E-state index contributed by atoms with van der Waals surface area (Å²) in [6.07, 6.45) is 9.31. The molecule has 8 nitrogen and oxygen atoms in total. The van der Waals surface area contributed by atoms with Crippen molar-refractivity contribution >= 4 is 17.4 Å². The number of likely N-dealkylation sites (tertiary alicyclic amines) is 1. The van der Waals surface area contributed by atoms with Crippen molar-refractivity contribution in [3.63, 3.8) is 0 Å². The maximum Gasteiger partial charge on any atom is 0.228 e. The Morgan fingerprint density at radius 1 is 1.15 bits per heavy atom. The smallest absolute Gasteiger partial charge is 0.228 e. The van der Waals surface area contributed by atoms with Gasteiger partial charge in [0.15, 0.2) is 5.65 Å². The fourth-order valence-corrected chi connectivity index (χ4v) is 6.24. The number of anilines is 1. The summed E-state index contributed by atoms with van der Waals surface area (Å²) in [7, 11) is 1.75. The largest absolute Gasteiger partial charge is 0.380 e. The van der Waals surface area contributed by atoms with Gasteiger partial charge in [-0.15, -0.1) is 0 Å². The second-order valence-corrected chi connectivity index (χ2v) is 10.4. The standard InChI is InChI=1S/C25H38N6O2/c1-16-7-6-8-19(23(16)33-3)25(32)30-11-5-4-9-21(30)20-13-22-27-24(17(2)14-31(22)28-20)29-12-10-18(26)15-29/h13-14,16,18-19,21,23H,4-12,15,26H2,1-3H3/t16?,18-,19?,21-,23?/m0/s1. The molecule has 1 aliphatic carbocycles. The number of carbonyl (C=O) groups is 1. The predicted octanol–water partition coefficient (Wildman–Crippen LogP) is 3.08. The molecule has 2 aromatic rings. The summed E-state index contributed by atoms with van der Waals surface area (Å²) in [5, 5.41) is 4.90. The van der Waals surface area contributed by atoms with Gasteiger partial charge in [-0.2, -0.15) is 5.10 Å². The van der Waals surface area contributed by atoms with Crippen molar-refractivity contribution in [2.45, 2.75) is 77.0 Å². The van der Waals surface area contributed by atoms with Gasteiger partial charge in [0.2, 0.25) is 5.91 Å². The molecule has 4 heterocycles. The fourth-order valence-electron chi connectivity index (χ4n) is 6.24. The van der Waals surface area contributed by atoms with E-state index in [9.17, 15) is 4.79 Å². The molecule has 3 aliphatic rings. The van der Waals surface area contributed by atoms with Crippen LogP contribution in [0.4, 0.5) is 5.82 Å². The molecule has 0 bridgehead atoms. The van der Waals surface area contributed by atoms with Gasteiger partial charge in [-0.05, 0) is 51.4 Å². The van der Waals surface area contributed by atoms with Crippen LogP contribution < -0.4 is 10.6 Å². The second kappa shape index (κ2) is 9.22. The Bertz CT molecular complexity index is 1010. The van der Waals surface area contributed by atoms with E-state index < -0.39 is 0 Å². The Kier molecular flexibility index (Phi) is 6.31. The molecule has 0 radical (unpaired) electrons. The highest BCUT2D eigenvalue weighted by Crippen LogP contribution is 2.37. The molecule has 2 aromatic heterocycles. The molecule has 8 heteroatoms. The minimum atomic E-state index is -0.0530. The average molecular weight is 455 g/mol. The Hall–Kier alpha value is -2.19. The third-order valence-electron chi connectivity index (χ3n) is 8.00. The number of amides is 1. The van der Waals surface area contributed by atoms with Crippen LogP contribution in [0.5, 0.6) is 0 Å². The van der Waals surface area contributed by atoms with E-state index in [-0.39, 0.29) is 30.0 Å². The molecule has 2 N–H and O–H groups in total. The monoisotopic (exact) mass is 454 g/mol. The van der Waals surface area contributed by atoms with Crippen molar-refractivity contribution < 1.29 is 9.53 Å². The van der Waals surface area contributed by atoms with E-state index in [0.29, 0.717) is 5.92 Å². The minimum absolute atomic E-state index is 0.00616. The summed E-state index contributed by atoms with van der Waals surface area (Å²) < 4.78 is 7.69. The van der Waals surface area contributed by atoms with Gasteiger partial charge in [0.05, 0.1) is 23.8 Å². The van der Waals surface area contributed by atoms with Gasteiger partial charge in [-0.1, -0.05) is 13.3 Å². The summed E-state index contributed by atoms with van der Waals surface area (Å²) in [5.74, 6) is 1.60. The van der Waals surface area contributed by atoms with Crippen LogP contribution >= 0.6 is 0 Å². The number of aryl methyl sites for hydroxylation is 1. The molecule has 5 rings (SSSR count). The Balaban J connectivity index is 1.43. The zero-order valence-corrected chi connectivity index (χ0v) is 20.2. The molecule has 3 fully saturated rings. The van der Waals surface area contributed by atoms with Crippen LogP contribution in [0.25, 0.3) is 5.65 Å². The fraction of sp³-hybridized carbons (Fsp3) is 0.720. The van der Waals surface area contributed by atoms with E-state index in [2.05, 4.69) is 35.9 Å². The lowest BCUT2D eigenvalue weighted by Crippen LogP contribution is -2.48. The lowest BCUT2D eigenvalue weighted by molar-refractivity contribution is -0.148. The van der Waals surface area contributed by atoms with E-state index in [1.165, 1.54) is 0 Å². The molecule has 3 unspecified atom stereocenters. The number of aromatic nitrogens is 3. The maximum atomic E-state index is 13.8. The summed E-state index contributed by atoms with van der Waals surface area (Å²) in [6.45, 7) is 6.87. The first-order valence-electron chi connectivity index (χ1n) is 12.7. The molecule has 2 aliphatic heterocycles. The first-order chi connectivity index (χ1) is 16.0. The Morgan fingerprint density at radius 2 is 2.00 bits per heavy atom. The van der Waals surface area contributed by atoms with Crippen molar-refractivity contribution in [2.24, 2.45) is 17.6 Å². The van der Waals surface area contributed by atoms with Crippen LogP contribution in [0.2, 0.25) is 0 Å². The van der Waals surface area contributed by atoms with Gasteiger partial charge in [0, 0.05) is 50.6 Å². The van der Waals surface area contributed by atoms with Crippen molar-refractivity contribution in [1.29, 1.82) is 0 Å². The van der Waals surface area contributed by atoms with Gasteiger partial charge < -0.3 is 20.3 Å². The normalized spacial score (nSPS) is 30.8. The Morgan fingerprint density at radius 3 is 2.76 bits per heavy atom. The topological polar surface area (TPSA) is 89.0 Å². The van der Waals surface area contributed by atoms with Crippen LogP contribution in [0.15, 0.2) is 12.3 Å². The van der Waals surface area contributed by atoms with Crippen LogP contribution in [0.3, 0.4) is 0 Å². The summed E-state index contributed by atoms with van der Waals surface area (Å²) >= 11 is 0. The van der Waals surface area contributed by atoms with E-state index in [0.717, 1.165) is 87.3 Å². The molecular weight excluding hydrogens is 416 g/mol. The molecule has 33 heavy (non-hydrogen) atoms. The van der Waals surface area contributed by atoms with Gasteiger partial charge in [-0.25, -0.2) is 9.50 Å². The third kappa shape index (κ3) is 4.23. The van der Waals surface area contributed by atoms with Crippen molar-refractivity contribution in [1.82, 2.24) is 19.5 Å². The van der Waals surface area contributed by atoms with Gasteiger partial charge in [0.25, 0.3) is 0 Å². The number of nitrogens with zero attached hydrogens (tertiary/aromatic N) is 5. The minimum Gasteiger partial charge on any atom is -0.380 e. The van der Waals surface area contributed by atoms with E-state index >= 15 is 0 Å². The molecule has 2 saturated heterocycles. The second-order valence-electron chi connectivity index (χ2n) is 10.4. The van der Waals surface area contributed by atoms with E-state index in [1.807, 2.05) is 4.52 Å². The zero-order valence-electron chi connectivity index (χ0n) is 20.2. The van der Waals surface area contributed by atoms with Crippen LogP contribution in [0, 0.1) is 18.8 Å². The number of ether oxygens (including phenoxy) is 1. The molecule has 5 atom stereocenters. The van der Waals surface area contributed by atoms with Crippen LogP contribution in [-0.2, 0) is 9.53 Å². The predicted molar refractivity (Wildman–Crippen MR) is 128 cm³/mol. The number of hydrogen-bond donors (Lipinski definition) is 1. The number of methoxy groups -OCH3 is 1. The number of carbonyl (C=O) groups excluding carboxylic acids is 1. The lowest BCUT2D eigenvalue weighted by Gasteiger charge is -2.41. The van der Waals surface area contributed by atoms with Crippen molar-refractivity contribution in [2.75, 3.05) is 31.6 Å². The average Bonchev–Trinajstić information content (AvgIpc) is 3.43. The summed E-state index contributed by atoms with van der Waals surface area (Å²) in [6, 6.07) is 2.29. The molecule has 180 valence electrons. The number of rotatable bonds is 4. The van der Waals surface area contributed by atoms with Crippen molar-refractivity contribution in [3.8, 4) is 0 Å². The highest BCUT2D eigenvalue weighted by Gasteiger charge is 2.41. The van der Waals surface area contributed by atoms with Crippen molar-refractivity contribution in [3.05, 3.63) is 23.5 Å². The molecular formula is C25H38N6O2. The number of nitrogens with two attached hydrogens (primary N) is 1. The number of piperidine rings is 1. The molecule has 1 saturated carbocycles. The SMILES string of the molecule is COC1C(C)CCCC1C(=O)N1CCCC[C@H]1c1cc2nc(N3CC[C@H](N)C3)c(C)cn2n1. The van der Waals surface area contributed by atoms with Crippen LogP contribution in [0.1, 0.15) is 69.2 Å². The Labute approximate surface area is 196 Å². The first-order valence-corrected chi connectivity index (χ1v) is 12.7. The lowest BCUT2D eigenvalue weighted by atomic mass is 9.78. The zero-order chi connectivity index (χ0) is 23.1. The highest BCUT2D eigenvalue weighted by atomic mass is 16.5. The maximum absolute atomic E-state index is 13.8. The number of hydrogen-bond acceptors (Lipinski definition) is 6. The van der Waals surface area contributed by atoms with Crippen LogP contribution in [-0.4, -0.2) is 64.3 Å². The van der Waals surface area contributed by atoms with Gasteiger partial charge in [-0.3, -0.25) is 4.79 Å². The molecule has 0 spiro atoms. The van der Waals surface area contributed by atoms with Gasteiger partial charge >= 0.3 is 0 Å². The van der Waals surface area contributed by atoms with Gasteiger partial charge in [0.1, 0.15) is 5.82 Å². The summed E-state index contributed by atoms with van der Waals surface area (Å²) in [4.78, 5) is 23.1. The highest BCUT2D eigenvalue weighted by molar-refractivity contribution is 5.80. The summed E-state index contributed by atoms with van der Waals surface area (Å²) in [5.41, 5.74) is 9.01. The quantitative estimate of drug-likeness (QED) is 0.764. The molecule has 0 aromatic carbocycles. The van der Waals surface area contributed by atoms with E-state index in [4.69, 9.17) is 20.6 Å².